The van der Waals surface area contributed by atoms with Crippen LogP contribution in [0.3, 0.4) is 0 Å². The van der Waals surface area contributed by atoms with Gasteiger partial charge in [-0.1, -0.05) is 32.0 Å². The van der Waals surface area contributed by atoms with Crippen molar-refractivity contribution in [3.8, 4) is 5.75 Å². The van der Waals surface area contributed by atoms with Crippen LogP contribution in [0.5, 0.6) is 5.75 Å². The van der Waals surface area contributed by atoms with E-state index in [-0.39, 0.29) is 18.1 Å². The number of carbonyl (C=O) groups excluding carboxylic acids is 1. The van der Waals surface area contributed by atoms with E-state index in [0.717, 1.165) is 24.4 Å². The third-order valence-electron chi connectivity index (χ3n) is 3.83. The van der Waals surface area contributed by atoms with Crippen LogP contribution >= 0.6 is 0 Å². The molecule has 0 spiro atoms. The summed E-state index contributed by atoms with van der Waals surface area (Å²) in [6, 6.07) is 7.80. The van der Waals surface area contributed by atoms with Crippen molar-refractivity contribution < 1.29 is 14.3 Å². The summed E-state index contributed by atoms with van der Waals surface area (Å²) in [6.07, 6.45) is 0.724. The molecule has 116 valence electrons. The fourth-order valence-corrected chi connectivity index (χ4v) is 2.87. The Balaban J connectivity index is 2.06. The highest BCUT2D eigenvalue weighted by Crippen LogP contribution is 2.26. The Hall–Kier alpha value is -1.55. The van der Waals surface area contributed by atoms with Crippen molar-refractivity contribution in [3.05, 3.63) is 29.8 Å². The van der Waals surface area contributed by atoms with Crippen LogP contribution in [0.25, 0.3) is 0 Å². The lowest BCUT2D eigenvalue weighted by atomic mass is 10.1. The molecule has 0 unspecified atom stereocenters. The monoisotopic (exact) mass is 291 g/mol. The molecule has 1 aromatic rings. The van der Waals surface area contributed by atoms with E-state index >= 15 is 0 Å². The maximum Gasteiger partial charge on any atom is 0.323 e. The number of para-hydroxylation sites is 1. The van der Waals surface area contributed by atoms with Gasteiger partial charge in [0.15, 0.2) is 0 Å². The maximum absolute atomic E-state index is 12.0. The zero-order chi connectivity index (χ0) is 15.4. The number of hydrogen-bond donors (Lipinski definition) is 0. The van der Waals surface area contributed by atoms with E-state index in [2.05, 4.69) is 18.7 Å². The van der Waals surface area contributed by atoms with Crippen LogP contribution in [-0.2, 0) is 9.53 Å². The number of likely N-dealkylation sites (tertiary alicyclic amines) is 1. The molecule has 1 aromatic carbocycles. The molecule has 2 rings (SSSR count). The normalized spacial score (nSPS) is 22.5. The largest absolute Gasteiger partial charge is 0.489 e. The molecule has 4 nitrogen and oxygen atoms in total. The number of ether oxygens (including phenoxy) is 2. The van der Waals surface area contributed by atoms with Gasteiger partial charge in [0.25, 0.3) is 0 Å². The molecule has 0 amide bonds. The molecule has 2 atom stereocenters. The van der Waals surface area contributed by atoms with Crippen LogP contribution in [0.2, 0.25) is 0 Å². The summed E-state index contributed by atoms with van der Waals surface area (Å²) in [5.41, 5.74) is 1.12. The summed E-state index contributed by atoms with van der Waals surface area (Å²) in [5, 5.41) is 0. The van der Waals surface area contributed by atoms with Gasteiger partial charge in [-0.25, -0.2) is 0 Å². The van der Waals surface area contributed by atoms with Crippen LogP contribution in [-0.4, -0.2) is 43.2 Å². The predicted molar refractivity (Wildman–Crippen MR) is 82.4 cm³/mol. The van der Waals surface area contributed by atoms with Gasteiger partial charge in [0.2, 0.25) is 0 Å². The zero-order valence-electron chi connectivity index (χ0n) is 13.3. The number of nitrogens with zero attached hydrogens (tertiary/aromatic N) is 1. The highest BCUT2D eigenvalue weighted by molar-refractivity contribution is 5.76. The summed E-state index contributed by atoms with van der Waals surface area (Å²) in [4.78, 5) is 14.1. The molecule has 0 aliphatic carbocycles. The molecule has 0 aromatic heterocycles. The van der Waals surface area contributed by atoms with Gasteiger partial charge in [-0.2, -0.15) is 0 Å². The highest BCUT2D eigenvalue weighted by Gasteiger charge is 2.38. The average Bonchev–Trinajstić information content (AvgIpc) is 2.82. The van der Waals surface area contributed by atoms with Crippen LogP contribution in [0.15, 0.2) is 24.3 Å². The third kappa shape index (κ3) is 3.97. The lowest BCUT2D eigenvalue weighted by molar-refractivity contribution is -0.146. The van der Waals surface area contributed by atoms with Crippen molar-refractivity contribution in [1.82, 2.24) is 4.90 Å². The number of rotatable bonds is 5. The smallest absolute Gasteiger partial charge is 0.323 e. The minimum absolute atomic E-state index is 0.0361. The molecule has 1 aliphatic heterocycles. The van der Waals surface area contributed by atoms with E-state index in [9.17, 15) is 4.79 Å². The molecule has 1 heterocycles. The Labute approximate surface area is 127 Å². The summed E-state index contributed by atoms with van der Waals surface area (Å²) < 4.78 is 11.0. The van der Waals surface area contributed by atoms with Gasteiger partial charge in [0.1, 0.15) is 17.9 Å². The van der Waals surface area contributed by atoms with Gasteiger partial charge >= 0.3 is 5.97 Å². The lowest BCUT2D eigenvalue weighted by Gasteiger charge is -2.23. The maximum atomic E-state index is 12.0. The number of methoxy groups -OCH3 is 1. The second-order valence-electron chi connectivity index (χ2n) is 6.13. The van der Waals surface area contributed by atoms with Crippen molar-refractivity contribution in [2.24, 2.45) is 5.92 Å². The number of esters is 1. The minimum atomic E-state index is -0.189. The van der Waals surface area contributed by atoms with Crippen molar-refractivity contribution >= 4 is 5.97 Å². The number of aryl methyl sites for hydroxylation is 1. The minimum Gasteiger partial charge on any atom is -0.489 e. The average molecular weight is 291 g/mol. The SMILES string of the molecule is COC(=O)[C@@H]1C[C@H](Oc2ccccc2C)CN1CC(C)C. The van der Waals surface area contributed by atoms with Crippen molar-refractivity contribution in [1.29, 1.82) is 0 Å². The molecule has 0 N–H and O–H groups in total. The van der Waals surface area contributed by atoms with Gasteiger partial charge < -0.3 is 9.47 Å². The fraction of sp³-hybridized carbons (Fsp3) is 0.588. The van der Waals surface area contributed by atoms with Gasteiger partial charge in [0, 0.05) is 19.5 Å². The van der Waals surface area contributed by atoms with Crippen molar-refractivity contribution in [2.45, 2.75) is 39.3 Å². The molecule has 1 fully saturated rings. The Morgan fingerprint density at radius 1 is 1.38 bits per heavy atom. The topological polar surface area (TPSA) is 38.8 Å². The van der Waals surface area contributed by atoms with E-state index in [1.165, 1.54) is 7.11 Å². The quantitative estimate of drug-likeness (QED) is 0.782. The summed E-state index contributed by atoms with van der Waals surface area (Å²) >= 11 is 0. The van der Waals surface area contributed by atoms with Crippen LogP contribution in [0, 0.1) is 12.8 Å². The Kier molecular flexibility index (Phi) is 5.23. The first-order chi connectivity index (χ1) is 10.0. The second-order valence-corrected chi connectivity index (χ2v) is 6.13. The lowest BCUT2D eigenvalue weighted by Crippen LogP contribution is -2.39. The van der Waals surface area contributed by atoms with Crippen LogP contribution in [0.4, 0.5) is 0 Å². The van der Waals surface area contributed by atoms with Gasteiger partial charge in [-0.15, -0.1) is 0 Å². The summed E-state index contributed by atoms with van der Waals surface area (Å²) in [5.74, 6) is 1.25. The van der Waals surface area contributed by atoms with E-state index < -0.39 is 0 Å². The molecule has 0 radical (unpaired) electrons. The molecule has 1 aliphatic rings. The number of carbonyl (C=O) groups is 1. The van der Waals surface area contributed by atoms with Crippen LogP contribution in [0.1, 0.15) is 25.8 Å². The highest BCUT2D eigenvalue weighted by atomic mass is 16.5. The van der Waals surface area contributed by atoms with Gasteiger partial charge in [0.05, 0.1) is 7.11 Å². The number of hydrogen-bond acceptors (Lipinski definition) is 4. The molecule has 0 saturated carbocycles. The Morgan fingerprint density at radius 3 is 2.71 bits per heavy atom. The third-order valence-corrected chi connectivity index (χ3v) is 3.83. The first-order valence-corrected chi connectivity index (χ1v) is 7.55. The van der Waals surface area contributed by atoms with E-state index in [0.29, 0.717) is 12.3 Å². The van der Waals surface area contributed by atoms with Gasteiger partial charge in [-0.3, -0.25) is 9.69 Å². The Bertz CT molecular complexity index is 487. The molecule has 21 heavy (non-hydrogen) atoms. The molecule has 0 bridgehead atoms. The molecule has 4 heteroatoms. The Morgan fingerprint density at radius 2 is 2.10 bits per heavy atom. The standard InChI is InChI=1S/C17H25NO3/c1-12(2)10-18-11-14(9-15(18)17(19)20-4)21-16-8-6-5-7-13(16)3/h5-8,12,14-15H,9-11H2,1-4H3/t14-,15-/m0/s1. The fourth-order valence-electron chi connectivity index (χ4n) is 2.87. The van der Waals surface area contributed by atoms with Crippen molar-refractivity contribution in [3.63, 3.8) is 0 Å². The van der Waals surface area contributed by atoms with E-state index in [1.54, 1.807) is 0 Å². The summed E-state index contributed by atoms with van der Waals surface area (Å²) in [7, 11) is 1.45. The van der Waals surface area contributed by atoms with E-state index in [4.69, 9.17) is 9.47 Å². The van der Waals surface area contributed by atoms with Crippen molar-refractivity contribution in [2.75, 3.05) is 20.2 Å². The van der Waals surface area contributed by atoms with E-state index in [1.807, 2.05) is 31.2 Å². The first kappa shape index (κ1) is 15.8. The van der Waals surface area contributed by atoms with Gasteiger partial charge in [-0.05, 0) is 24.5 Å². The predicted octanol–water partition coefficient (Wildman–Crippen LogP) is 2.65. The molecule has 1 saturated heterocycles. The zero-order valence-corrected chi connectivity index (χ0v) is 13.3. The molecular weight excluding hydrogens is 266 g/mol. The first-order valence-electron chi connectivity index (χ1n) is 7.55. The summed E-state index contributed by atoms with van der Waals surface area (Å²) in [6.45, 7) is 8.00. The second kappa shape index (κ2) is 6.94. The number of benzene rings is 1. The van der Waals surface area contributed by atoms with Crippen LogP contribution < -0.4 is 4.74 Å². The molecular formula is C17H25NO3.